The number of hydrogen-bond donors (Lipinski definition) is 1. The minimum Gasteiger partial charge on any atom is -0.310 e. The van der Waals surface area contributed by atoms with E-state index in [1.54, 1.807) is 12.1 Å². The van der Waals surface area contributed by atoms with Gasteiger partial charge in [-0.05, 0) is 43.4 Å². The van der Waals surface area contributed by atoms with E-state index in [2.05, 4.69) is 26.1 Å². The topological polar surface area (TPSA) is 35.8 Å². The Balaban J connectivity index is 2.46. The van der Waals surface area contributed by atoms with E-state index < -0.39 is 5.82 Å². The summed E-state index contributed by atoms with van der Waals surface area (Å²) in [5.41, 5.74) is 1.06. The maximum Gasteiger partial charge on any atom is 0.140 e. The molecule has 1 aromatic rings. The smallest absolute Gasteiger partial charge is 0.140 e. The van der Waals surface area contributed by atoms with Crippen LogP contribution in [0.1, 0.15) is 44.7 Å². The molecule has 0 saturated heterocycles. The van der Waals surface area contributed by atoms with E-state index in [9.17, 15) is 4.39 Å². The zero-order valence-corrected chi connectivity index (χ0v) is 11.3. The van der Waals surface area contributed by atoms with Gasteiger partial charge in [0.1, 0.15) is 11.9 Å². The molecule has 0 aliphatic carbocycles. The maximum atomic E-state index is 13.1. The Hall–Kier alpha value is -1.40. The summed E-state index contributed by atoms with van der Waals surface area (Å²) >= 11 is 0. The van der Waals surface area contributed by atoms with Crippen LogP contribution in [-0.2, 0) is 6.54 Å². The first kappa shape index (κ1) is 14.7. The summed E-state index contributed by atoms with van der Waals surface area (Å²) in [6.07, 6.45) is 2.32. The lowest BCUT2D eigenvalue weighted by Gasteiger charge is -2.15. The molecule has 0 heterocycles. The predicted molar refractivity (Wildman–Crippen MR) is 71.5 cm³/mol. The molecule has 0 aromatic heterocycles. The molecule has 1 N–H and O–H groups in total. The molecule has 1 rings (SSSR count). The fourth-order valence-electron chi connectivity index (χ4n) is 1.75. The van der Waals surface area contributed by atoms with Gasteiger partial charge in [0.15, 0.2) is 0 Å². The number of benzene rings is 1. The van der Waals surface area contributed by atoms with Crippen LogP contribution in [-0.4, -0.2) is 6.04 Å². The average molecular weight is 248 g/mol. The van der Waals surface area contributed by atoms with Crippen molar-refractivity contribution < 1.29 is 4.39 Å². The van der Waals surface area contributed by atoms with Crippen LogP contribution in [0, 0.1) is 23.1 Å². The van der Waals surface area contributed by atoms with Crippen molar-refractivity contribution in [2.24, 2.45) is 5.92 Å². The lowest BCUT2D eigenvalue weighted by molar-refractivity contribution is 0.450. The summed E-state index contributed by atoms with van der Waals surface area (Å²) in [7, 11) is 0. The van der Waals surface area contributed by atoms with Crippen LogP contribution >= 0.6 is 0 Å². The van der Waals surface area contributed by atoms with Gasteiger partial charge in [0.2, 0.25) is 0 Å². The highest BCUT2D eigenvalue weighted by Gasteiger charge is 2.05. The Kier molecular flexibility index (Phi) is 5.80. The Labute approximate surface area is 109 Å². The average Bonchev–Trinajstić information content (AvgIpc) is 2.35. The molecular formula is C15H21FN2. The van der Waals surface area contributed by atoms with Crippen LogP contribution in [0.5, 0.6) is 0 Å². The number of nitriles is 1. The molecule has 0 bridgehead atoms. The SMILES string of the molecule is CC(C)CCC(C)NCc1ccc(F)c(C#N)c1. The van der Waals surface area contributed by atoms with Gasteiger partial charge >= 0.3 is 0 Å². The third kappa shape index (κ3) is 4.85. The van der Waals surface area contributed by atoms with Crippen LogP contribution in [0.25, 0.3) is 0 Å². The van der Waals surface area contributed by atoms with Crippen LogP contribution in [0.4, 0.5) is 4.39 Å². The lowest BCUT2D eigenvalue weighted by Crippen LogP contribution is -2.25. The predicted octanol–water partition coefficient (Wildman–Crippen LogP) is 3.61. The van der Waals surface area contributed by atoms with E-state index in [0.717, 1.165) is 12.0 Å². The van der Waals surface area contributed by atoms with Crippen molar-refractivity contribution in [3.63, 3.8) is 0 Å². The molecular weight excluding hydrogens is 227 g/mol. The van der Waals surface area contributed by atoms with Crippen molar-refractivity contribution in [1.82, 2.24) is 5.32 Å². The van der Waals surface area contributed by atoms with Gasteiger partial charge in [0.05, 0.1) is 5.56 Å². The van der Waals surface area contributed by atoms with E-state index in [0.29, 0.717) is 18.5 Å². The second-order valence-corrected chi connectivity index (χ2v) is 5.18. The third-order valence-electron chi connectivity index (χ3n) is 2.98. The Morgan fingerprint density at radius 1 is 1.28 bits per heavy atom. The van der Waals surface area contributed by atoms with Gasteiger partial charge in [-0.1, -0.05) is 19.9 Å². The second-order valence-electron chi connectivity index (χ2n) is 5.18. The van der Waals surface area contributed by atoms with E-state index in [1.165, 1.54) is 12.5 Å². The van der Waals surface area contributed by atoms with Gasteiger partial charge in [0.25, 0.3) is 0 Å². The molecule has 0 spiro atoms. The van der Waals surface area contributed by atoms with Crippen molar-refractivity contribution in [1.29, 1.82) is 5.26 Å². The first-order valence-corrected chi connectivity index (χ1v) is 6.44. The van der Waals surface area contributed by atoms with Crippen LogP contribution < -0.4 is 5.32 Å². The van der Waals surface area contributed by atoms with Gasteiger partial charge in [-0.2, -0.15) is 5.26 Å². The van der Waals surface area contributed by atoms with Crippen LogP contribution in [0.2, 0.25) is 0 Å². The molecule has 1 unspecified atom stereocenters. The van der Waals surface area contributed by atoms with Gasteiger partial charge in [-0.15, -0.1) is 0 Å². The first-order valence-electron chi connectivity index (χ1n) is 6.44. The summed E-state index contributed by atoms with van der Waals surface area (Å²) in [4.78, 5) is 0. The highest BCUT2D eigenvalue weighted by Crippen LogP contribution is 2.11. The summed E-state index contributed by atoms with van der Waals surface area (Å²) in [5.74, 6) is 0.263. The number of nitrogens with zero attached hydrogens (tertiary/aromatic N) is 1. The second kappa shape index (κ2) is 7.13. The van der Waals surface area contributed by atoms with E-state index >= 15 is 0 Å². The number of hydrogen-bond acceptors (Lipinski definition) is 2. The van der Waals surface area contributed by atoms with Gasteiger partial charge in [0, 0.05) is 12.6 Å². The normalized spacial score (nSPS) is 12.4. The largest absolute Gasteiger partial charge is 0.310 e. The monoisotopic (exact) mass is 248 g/mol. The van der Waals surface area contributed by atoms with Gasteiger partial charge in [-0.25, -0.2) is 4.39 Å². The molecule has 0 aliphatic rings. The van der Waals surface area contributed by atoms with Crippen molar-refractivity contribution in [2.45, 2.75) is 46.2 Å². The minimum atomic E-state index is -0.450. The summed E-state index contributed by atoms with van der Waals surface area (Å²) in [5, 5.41) is 12.1. The number of nitrogens with one attached hydrogen (secondary N) is 1. The molecule has 1 aromatic carbocycles. The van der Waals surface area contributed by atoms with E-state index in [-0.39, 0.29) is 5.56 Å². The zero-order valence-electron chi connectivity index (χ0n) is 11.3. The molecule has 18 heavy (non-hydrogen) atoms. The van der Waals surface area contributed by atoms with Gasteiger partial charge in [-0.3, -0.25) is 0 Å². The van der Waals surface area contributed by atoms with E-state index in [4.69, 9.17) is 5.26 Å². The molecule has 1 atom stereocenters. The van der Waals surface area contributed by atoms with Crippen LogP contribution in [0.3, 0.4) is 0 Å². The van der Waals surface area contributed by atoms with Gasteiger partial charge < -0.3 is 5.32 Å². The Morgan fingerprint density at radius 3 is 2.61 bits per heavy atom. The first-order chi connectivity index (χ1) is 8.52. The van der Waals surface area contributed by atoms with Crippen molar-refractivity contribution in [3.8, 4) is 6.07 Å². The molecule has 0 amide bonds. The highest BCUT2D eigenvalue weighted by molar-refractivity contribution is 5.34. The molecule has 0 radical (unpaired) electrons. The highest BCUT2D eigenvalue weighted by atomic mass is 19.1. The zero-order chi connectivity index (χ0) is 13.5. The summed E-state index contributed by atoms with van der Waals surface area (Å²) in [6.45, 7) is 7.25. The molecule has 0 fully saturated rings. The molecule has 3 heteroatoms. The maximum absolute atomic E-state index is 13.1. The number of halogens is 1. The molecule has 98 valence electrons. The lowest BCUT2D eigenvalue weighted by atomic mass is 10.0. The minimum absolute atomic E-state index is 0.115. The van der Waals surface area contributed by atoms with Crippen molar-refractivity contribution in [2.75, 3.05) is 0 Å². The standard InChI is InChI=1S/C15H21FN2/c1-11(2)4-5-12(3)18-10-13-6-7-15(16)14(8-13)9-17/h6-8,11-12,18H,4-5,10H2,1-3H3. The quantitative estimate of drug-likeness (QED) is 0.834. The summed E-state index contributed by atoms with van der Waals surface area (Å²) in [6, 6.07) is 6.98. The molecule has 0 aliphatic heterocycles. The Morgan fingerprint density at radius 2 is 2.00 bits per heavy atom. The van der Waals surface area contributed by atoms with Crippen molar-refractivity contribution in [3.05, 3.63) is 35.1 Å². The van der Waals surface area contributed by atoms with Crippen molar-refractivity contribution >= 4 is 0 Å². The number of rotatable bonds is 6. The molecule has 2 nitrogen and oxygen atoms in total. The fourth-order valence-corrected chi connectivity index (χ4v) is 1.75. The van der Waals surface area contributed by atoms with E-state index in [1.807, 2.05) is 6.07 Å². The Bertz CT molecular complexity index is 421. The van der Waals surface area contributed by atoms with Crippen LogP contribution in [0.15, 0.2) is 18.2 Å². The fraction of sp³-hybridized carbons (Fsp3) is 0.533. The molecule has 0 saturated carbocycles. The summed E-state index contributed by atoms with van der Waals surface area (Å²) < 4.78 is 13.1. The third-order valence-corrected chi connectivity index (χ3v) is 2.98.